The third kappa shape index (κ3) is 6.92. The number of hydrogen-bond acceptors (Lipinski definition) is 4. The Hall–Kier alpha value is -4.71. The predicted molar refractivity (Wildman–Crippen MR) is 220 cm³/mol. The van der Waals surface area contributed by atoms with E-state index in [1.165, 1.54) is 36.5 Å². The molecular formula is C46H38IrN2OSSi-2. The fourth-order valence-electron chi connectivity index (χ4n) is 6.49. The minimum absolute atomic E-state index is 0. The second-order valence-electron chi connectivity index (χ2n) is 14.1. The van der Waals surface area contributed by atoms with Crippen LogP contribution in [0.5, 0.6) is 0 Å². The first kappa shape index (κ1) is 34.4. The van der Waals surface area contributed by atoms with Gasteiger partial charge in [0.2, 0.25) is 0 Å². The van der Waals surface area contributed by atoms with Crippen LogP contribution in [0.2, 0.25) is 19.6 Å². The van der Waals surface area contributed by atoms with Gasteiger partial charge in [0.25, 0.3) is 0 Å². The molecule has 1 radical (unpaired) electrons. The number of aromatic nitrogens is 2. The molecule has 0 saturated carbocycles. The largest absolute Gasteiger partial charge is 0.501 e. The van der Waals surface area contributed by atoms with E-state index >= 15 is 0 Å². The Morgan fingerprint density at radius 1 is 0.692 bits per heavy atom. The van der Waals surface area contributed by atoms with Gasteiger partial charge in [-0.25, -0.2) is 0 Å². The smallest absolute Gasteiger partial charge is 0.120 e. The van der Waals surface area contributed by atoms with Crippen molar-refractivity contribution in [3.8, 4) is 33.6 Å². The molecule has 52 heavy (non-hydrogen) atoms. The van der Waals surface area contributed by atoms with Gasteiger partial charge in [-0.3, -0.25) is 0 Å². The molecule has 0 aliphatic heterocycles. The van der Waals surface area contributed by atoms with Crippen LogP contribution in [0.1, 0.15) is 26.7 Å². The van der Waals surface area contributed by atoms with Gasteiger partial charge in [0, 0.05) is 44.0 Å². The monoisotopic (exact) mass is 888 g/mol. The first-order valence-electron chi connectivity index (χ1n) is 17.7. The summed E-state index contributed by atoms with van der Waals surface area (Å²) in [6.07, 6.45) is 3.81. The van der Waals surface area contributed by atoms with Gasteiger partial charge >= 0.3 is 0 Å². The molecule has 6 heteroatoms. The van der Waals surface area contributed by atoms with E-state index in [1.54, 1.807) is 17.5 Å². The zero-order chi connectivity index (χ0) is 36.0. The van der Waals surface area contributed by atoms with Crippen LogP contribution < -0.4 is 5.19 Å². The third-order valence-corrected chi connectivity index (χ3v) is 12.6. The average Bonchev–Trinajstić information content (AvgIpc) is 3.73. The molecule has 0 amide bonds. The number of hydrogen-bond donors (Lipinski definition) is 0. The van der Waals surface area contributed by atoms with Gasteiger partial charge in [0.05, 0.1) is 13.7 Å². The van der Waals surface area contributed by atoms with E-state index in [2.05, 4.69) is 115 Å². The van der Waals surface area contributed by atoms with Crippen molar-refractivity contribution in [3.05, 3.63) is 151 Å². The van der Waals surface area contributed by atoms with Crippen molar-refractivity contribution in [1.82, 2.24) is 9.97 Å². The number of pyridine rings is 2. The minimum atomic E-state index is -1.33. The molecule has 0 atom stereocenters. The van der Waals surface area contributed by atoms with Crippen LogP contribution in [0.4, 0.5) is 0 Å². The summed E-state index contributed by atoms with van der Waals surface area (Å²) >= 11 is 1.79. The van der Waals surface area contributed by atoms with E-state index < -0.39 is 14.0 Å². The van der Waals surface area contributed by atoms with Crippen molar-refractivity contribution < 1.29 is 25.9 Å². The zero-order valence-electron chi connectivity index (χ0n) is 30.7. The van der Waals surface area contributed by atoms with E-state index in [4.69, 9.17) is 5.79 Å². The summed E-state index contributed by atoms with van der Waals surface area (Å²) < 4.78 is 16.9. The molecule has 0 fully saturated rings. The van der Waals surface area contributed by atoms with Crippen molar-refractivity contribution in [3.63, 3.8) is 0 Å². The molecular weight excluding hydrogens is 849 g/mol. The second-order valence-corrected chi connectivity index (χ2v) is 20.2. The van der Waals surface area contributed by atoms with Crippen molar-refractivity contribution >= 4 is 66.7 Å². The summed E-state index contributed by atoms with van der Waals surface area (Å²) in [5, 5.41) is 6.10. The molecule has 9 aromatic rings. The molecule has 0 N–H and O–H groups in total. The molecule has 0 spiro atoms. The van der Waals surface area contributed by atoms with Gasteiger partial charge in [0.1, 0.15) is 5.58 Å². The molecule has 4 aromatic heterocycles. The van der Waals surface area contributed by atoms with Crippen molar-refractivity contribution in [2.24, 2.45) is 0 Å². The number of thiophene rings is 1. The zero-order valence-corrected chi connectivity index (χ0v) is 34.0. The fraction of sp³-hybridized carbons (Fsp3) is 0.130. The van der Waals surface area contributed by atoms with Crippen molar-refractivity contribution in [2.45, 2.75) is 39.4 Å². The summed E-state index contributed by atoms with van der Waals surface area (Å²) in [6.45, 7) is 10.8. The summed E-state index contributed by atoms with van der Waals surface area (Å²) in [7, 11) is -1.33. The molecule has 259 valence electrons. The first-order valence-corrected chi connectivity index (χ1v) is 21.5. The Labute approximate surface area is 325 Å². The third-order valence-electron chi connectivity index (χ3n) is 9.36. The Morgan fingerprint density at radius 2 is 1.44 bits per heavy atom. The van der Waals surface area contributed by atoms with E-state index in [0.29, 0.717) is 0 Å². The van der Waals surface area contributed by atoms with E-state index in [-0.39, 0.29) is 20.1 Å². The molecule has 0 aliphatic carbocycles. The average molecular weight is 888 g/mol. The number of rotatable bonds is 5. The van der Waals surface area contributed by atoms with Gasteiger partial charge < -0.3 is 14.4 Å². The van der Waals surface area contributed by atoms with Crippen molar-refractivity contribution in [2.75, 3.05) is 0 Å². The SMILES string of the molecule is C[Si](C)(C)c1ccc(-c2[c-]ccc3c2oc2ccccc23)nc1.[2H]C(C)(C)c1ccnc(-c2[c-]ccc3c2sc2cc(-c4ccccc4)ccc23)c1.[Ir]. The Kier molecular flexibility index (Phi) is 9.74. The van der Waals surface area contributed by atoms with Crippen LogP contribution in [0.15, 0.2) is 138 Å². The molecule has 9 rings (SSSR count). The van der Waals surface area contributed by atoms with Gasteiger partial charge in [-0.05, 0) is 61.9 Å². The first-order chi connectivity index (χ1) is 25.0. The maximum Gasteiger partial charge on any atom is 0.120 e. The normalized spacial score (nSPS) is 12.1. The molecule has 0 aliphatic rings. The van der Waals surface area contributed by atoms with Crippen LogP contribution in [0.25, 0.3) is 75.8 Å². The van der Waals surface area contributed by atoms with Gasteiger partial charge in [-0.15, -0.1) is 42.0 Å². The number of fused-ring (bicyclic) bond motifs is 6. The number of nitrogens with zero attached hydrogens (tertiary/aromatic N) is 2. The summed E-state index contributed by atoms with van der Waals surface area (Å²) in [6, 6.07) is 48.4. The Morgan fingerprint density at radius 3 is 2.19 bits per heavy atom. The van der Waals surface area contributed by atoms with Crippen LogP contribution in [0, 0.1) is 12.1 Å². The van der Waals surface area contributed by atoms with Gasteiger partial charge in [0.15, 0.2) is 0 Å². The minimum Gasteiger partial charge on any atom is -0.501 e. The summed E-state index contributed by atoms with van der Waals surface area (Å²) in [5.41, 5.74) is 8.91. The Balaban J connectivity index is 0.000000165. The fourth-order valence-corrected chi connectivity index (χ4v) is 8.77. The molecule has 4 heterocycles. The van der Waals surface area contributed by atoms with Crippen LogP contribution >= 0.6 is 11.3 Å². The second kappa shape index (κ2) is 14.7. The number of furan rings is 1. The van der Waals surface area contributed by atoms with Crippen LogP contribution in [-0.4, -0.2) is 18.0 Å². The summed E-state index contributed by atoms with van der Waals surface area (Å²) in [5.74, 6) is -0.656. The molecule has 0 saturated heterocycles. The van der Waals surface area contributed by atoms with Gasteiger partial charge in [-0.2, -0.15) is 11.3 Å². The van der Waals surface area contributed by atoms with Gasteiger partial charge in [-0.1, -0.05) is 134 Å². The topological polar surface area (TPSA) is 38.9 Å². The van der Waals surface area contributed by atoms with Crippen LogP contribution in [-0.2, 0) is 20.1 Å². The van der Waals surface area contributed by atoms with E-state index in [9.17, 15) is 0 Å². The van der Waals surface area contributed by atoms with Crippen molar-refractivity contribution in [1.29, 1.82) is 0 Å². The Bertz CT molecular complexity index is 2710. The molecule has 3 nitrogen and oxygen atoms in total. The maximum absolute atomic E-state index is 8.35. The quantitative estimate of drug-likeness (QED) is 0.128. The number of para-hydroxylation sites is 1. The standard InChI is InChI=1S/C26H20NS.C20H18NOSi.Ir/c1-17(2)19-13-14-27-24(15-19)23-10-6-9-22-21-12-11-20(16-25(21)28-26(22)23)18-7-4-3-5-8-18;1-23(2,3)14-11-12-18(21-13-14)17-9-6-8-16-15-7-4-5-10-19(15)22-20(16)17;/h3-9,11-17H,1-2H3;4-8,10-13H,1-3H3;/q2*-1;/i17D;;. The predicted octanol–water partition coefficient (Wildman–Crippen LogP) is 12.7. The maximum atomic E-state index is 8.35. The van der Waals surface area contributed by atoms with E-state index in [1.807, 2.05) is 68.6 Å². The molecule has 5 aromatic carbocycles. The van der Waals surface area contributed by atoms with Crippen LogP contribution in [0.3, 0.4) is 0 Å². The summed E-state index contributed by atoms with van der Waals surface area (Å²) in [4.78, 5) is 9.28. The number of benzene rings is 5. The molecule has 0 bridgehead atoms. The molecule has 0 unspecified atom stereocenters. The van der Waals surface area contributed by atoms with E-state index in [0.717, 1.165) is 50.0 Å².